The summed E-state index contributed by atoms with van der Waals surface area (Å²) < 4.78 is 0. The molecule has 0 aromatic heterocycles. The molecule has 0 aliphatic carbocycles. The van der Waals surface area contributed by atoms with Crippen molar-refractivity contribution in [1.29, 1.82) is 0 Å². The lowest BCUT2D eigenvalue weighted by Gasteiger charge is -2.31. The van der Waals surface area contributed by atoms with Crippen LogP contribution in [0.4, 0.5) is 0 Å². The lowest BCUT2D eigenvalue weighted by molar-refractivity contribution is 0.240. The maximum absolute atomic E-state index is 3.60. The van der Waals surface area contributed by atoms with Crippen molar-refractivity contribution >= 4 is 0 Å². The summed E-state index contributed by atoms with van der Waals surface area (Å²) in [4.78, 5) is 2.52. The highest BCUT2D eigenvalue weighted by atomic mass is 15.1. The average molecular weight is 269 g/mol. The molecule has 2 N–H and O–H groups in total. The van der Waals surface area contributed by atoms with Gasteiger partial charge in [-0.15, -0.1) is 0 Å². The summed E-state index contributed by atoms with van der Waals surface area (Å²) in [6.07, 6.45) is 6.94. The van der Waals surface area contributed by atoms with Gasteiger partial charge in [0.1, 0.15) is 0 Å². The molecule has 0 radical (unpaired) electrons. The van der Waals surface area contributed by atoms with Gasteiger partial charge in [-0.25, -0.2) is 0 Å². The van der Waals surface area contributed by atoms with Crippen molar-refractivity contribution < 1.29 is 0 Å². The van der Waals surface area contributed by atoms with E-state index in [4.69, 9.17) is 0 Å². The maximum Gasteiger partial charge on any atom is 0.0197 e. The molecule has 0 aromatic carbocycles. The monoisotopic (exact) mass is 269 g/mol. The van der Waals surface area contributed by atoms with E-state index in [0.717, 1.165) is 6.54 Å². The Bertz CT molecular complexity index is 211. The summed E-state index contributed by atoms with van der Waals surface area (Å²) in [6.45, 7) is 15.2. The van der Waals surface area contributed by atoms with Crippen LogP contribution in [0.2, 0.25) is 0 Å². The Hall–Kier alpha value is -0.120. The molecule has 0 saturated carbocycles. The third-order valence-corrected chi connectivity index (χ3v) is 3.83. The van der Waals surface area contributed by atoms with Gasteiger partial charge >= 0.3 is 0 Å². The van der Waals surface area contributed by atoms with E-state index in [1.165, 1.54) is 58.3 Å². The van der Waals surface area contributed by atoms with Gasteiger partial charge in [0.05, 0.1) is 0 Å². The SMILES string of the molecule is CC(C)(C)NC1CCCNC1.CCN1CCCCC1. The second-order valence-electron chi connectivity index (χ2n) is 6.93. The molecule has 2 rings (SSSR count). The second kappa shape index (κ2) is 8.93. The highest BCUT2D eigenvalue weighted by Crippen LogP contribution is 2.07. The van der Waals surface area contributed by atoms with E-state index in [9.17, 15) is 0 Å². The van der Waals surface area contributed by atoms with Crippen molar-refractivity contribution in [3.63, 3.8) is 0 Å². The van der Waals surface area contributed by atoms with Crippen LogP contribution in [0.3, 0.4) is 0 Å². The van der Waals surface area contributed by atoms with Crippen molar-refractivity contribution in [2.24, 2.45) is 0 Å². The third kappa shape index (κ3) is 8.61. The van der Waals surface area contributed by atoms with E-state index in [-0.39, 0.29) is 5.54 Å². The van der Waals surface area contributed by atoms with Crippen molar-refractivity contribution in [2.75, 3.05) is 32.7 Å². The van der Waals surface area contributed by atoms with Crippen LogP contribution in [0.1, 0.15) is 59.8 Å². The van der Waals surface area contributed by atoms with Gasteiger partial charge in [-0.1, -0.05) is 13.3 Å². The molecule has 1 unspecified atom stereocenters. The Kier molecular flexibility index (Phi) is 7.96. The molecule has 0 amide bonds. The molecule has 114 valence electrons. The van der Waals surface area contributed by atoms with Crippen LogP contribution in [0.25, 0.3) is 0 Å². The normalized spacial score (nSPS) is 25.6. The molecular weight excluding hydrogens is 234 g/mol. The van der Waals surface area contributed by atoms with Gasteiger partial charge < -0.3 is 15.5 Å². The lowest BCUT2D eigenvalue weighted by Crippen LogP contribution is -2.50. The molecule has 2 aliphatic rings. The third-order valence-electron chi connectivity index (χ3n) is 3.83. The number of nitrogens with zero attached hydrogens (tertiary/aromatic N) is 1. The van der Waals surface area contributed by atoms with Crippen LogP contribution in [-0.4, -0.2) is 49.2 Å². The van der Waals surface area contributed by atoms with Crippen molar-refractivity contribution in [3.05, 3.63) is 0 Å². The molecule has 3 heteroatoms. The molecule has 19 heavy (non-hydrogen) atoms. The van der Waals surface area contributed by atoms with Gasteiger partial charge in [0.25, 0.3) is 0 Å². The number of nitrogens with one attached hydrogen (secondary N) is 2. The molecule has 3 nitrogen and oxygen atoms in total. The molecule has 0 aromatic rings. The van der Waals surface area contributed by atoms with Crippen LogP contribution in [-0.2, 0) is 0 Å². The minimum atomic E-state index is 0.268. The molecule has 0 bridgehead atoms. The standard InChI is InChI=1S/C9H20N2.C7H15N/c1-9(2,3)11-8-5-4-6-10-7-8;1-2-8-6-4-3-5-7-8/h8,10-11H,4-7H2,1-3H3;2-7H2,1H3. The predicted molar refractivity (Wildman–Crippen MR) is 84.7 cm³/mol. The molecule has 1 atom stereocenters. The van der Waals surface area contributed by atoms with E-state index in [2.05, 4.69) is 43.2 Å². The number of hydrogen-bond donors (Lipinski definition) is 2. The zero-order valence-electron chi connectivity index (χ0n) is 13.6. The van der Waals surface area contributed by atoms with Crippen LogP contribution >= 0.6 is 0 Å². The van der Waals surface area contributed by atoms with E-state index in [0.29, 0.717) is 6.04 Å². The summed E-state index contributed by atoms with van der Waals surface area (Å²) in [6, 6.07) is 0.684. The quantitative estimate of drug-likeness (QED) is 0.807. The Morgan fingerprint density at radius 2 is 1.79 bits per heavy atom. The van der Waals surface area contributed by atoms with Gasteiger partial charge in [-0.2, -0.15) is 0 Å². The number of likely N-dealkylation sites (tertiary alicyclic amines) is 1. The largest absolute Gasteiger partial charge is 0.315 e. The predicted octanol–water partition coefficient (Wildman–Crippen LogP) is 2.62. The Morgan fingerprint density at radius 3 is 2.21 bits per heavy atom. The highest BCUT2D eigenvalue weighted by molar-refractivity contribution is 4.81. The molecule has 2 aliphatic heterocycles. The van der Waals surface area contributed by atoms with Crippen LogP contribution in [0.5, 0.6) is 0 Å². The Labute approximate surface area is 120 Å². The first kappa shape index (κ1) is 16.9. The first-order chi connectivity index (χ1) is 9.01. The molecule has 2 fully saturated rings. The number of rotatable bonds is 2. The first-order valence-corrected chi connectivity index (χ1v) is 8.22. The molecule has 0 spiro atoms. The maximum atomic E-state index is 3.60. The van der Waals surface area contributed by atoms with Gasteiger partial charge in [0.15, 0.2) is 0 Å². The van der Waals surface area contributed by atoms with Crippen molar-refractivity contribution in [3.8, 4) is 0 Å². The fraction of sp³-hybridized carbons (Fsp3) is 1.00. The molecule has 2 heterocycles. The number of piperidine rings is 2. The van der Waals surface area contributed by atoms with E-state index < -0.39 is 0 Å². The Balaban J connectivity index is 0.000000200. The molecule has 2 saturated heterocycles. The van der Waals surface area contributed by atoms with Gasteiger partial charge in [-0.3, -0.25) is 0 Å². The fourth-order valence-electron chi connectivity index (χ4n) is 2.86. The topological polar surface area (TPSA) is 27.3 Å². The van der Waals surface area contributed by atoms with E-state index >= 15 is 0 Å². The van der Waals surface area contributed by atoms with Crippen LogP contribution in [0.15, 0.2) is 0 Å². The van der Waals surface area contributed by atoms with Crippen LogP contribution < -0.4 is 10.6 Å². The summed E-state index contributed by atoms with van der Waals surface area (Å²) in [5, 5.41) is 6.99. The number of hydrogen-bond acceptors (Lipinski definition) is 3. The Morgan fingerprint density at radius 1 is 1.11 bits per heavy atom. The van der Waals surface area contributed by atoms with Crippen LogP contribution in [0, 0.1) is 0 Å². The minimum Gasteiger partial charge on any atom is -0.315 e. The van der Waals surface area contributed by atoms with E-state index in [1.54, 1.807) is 0 Å². The van der Waals surface area contributed by atoms with Gasteiger partial charge in [0, 0.05) is 18.1 Å². The minimum absolute atomic E-state index is 0.268. The first-order valence-electron chi connectivity index (χ1n) is 8.22. The zero-order valence-corrected chi connectivity index (χ0v) is 13.6. The second-order valence-corrected chi connectivity index (χ2v) is 6.93. The smallest absolute Gasteiger partial charge is 0.0197 e. The average Bonchev–Trinajstić information content (AvgIpc) is 2.40. The zero-order chi connectivity index (χ0) is 14.1. The molecular formula is C16H35N3. The van der Waals surface area contributed by atoms with Gasteiger partial charge in [-0.05, 0) is 72.6 Å². The summed E-state index contributed by atoms with van der Waals surface area (Å²) in [5.41, 5.74) is 0.268. The summed E-state index contributed by atoms with van der Waals surface area (Å²) in [5.74, 6) is 0. The van der Waals surface area contributed by atoms with E-state index in [1.807, 2.05) is 0 Å². The summed E-state index contributed by atoms with van der Waals surface area (Å²) >= 11 is 0. The highest BCUT2D eigenvalue weighted by Gasteiger charge is 2.18. The van der Waals surface area contributed by atoms with Crippen molar-refractivity contribution in [1.82, 2.24) is 15.5 Å². The van der Waals surface area contributed by atoms with Crippen molar-refractivity contribution in [2.45, 2.75) is 71.4 Å². The lowest BCUT2D eigenvalue weighted by atomic mass is 10.0. The summed E-state index contributed by atoms with van der Waals surface area (Å²) in [7, 11) is 0. The van der Waals surface area contributed by atoms with Gasteiger partial charge in [0.2, 0.25) is 0 Å². The fourth-order valence-corrected chi connectivity index (χ4v) is 2.86.